The molecule has 4 atom stereocenters. The molecule has 240 valence electrons. The van der Waals surface area contributed by atoms with E-state index >= 15 is 0 Å². The molecule has 3 aromatic rings. The van der Waals surface area contributed by atoms with E-state index in [0.717, 1.165) is 64.9 Å². The summed E-state index contributed by atoms with van der Waals surface area (Å²) in [5.41, 5.74) is 6.75. The highest BCUT2D eigenvalue weighted by molar-refractivity contribution is 5.94. The fraction of sp³-hybridized carbons (Fsp3) is 0.444. The van der Waals surface area contributed by atoms with Crippen LogP contribution in [0.3, 0.4) is 0 Å². The Balaban J connectivity index is 1.43. The van der Waals surface area contributed by atoms with E-state index in [4.69, 9.17) is 5.10 Å². The highest BCUT2D eigenvalue weighted by Gasteiger charge is 2.52. The van der Waals surface area contributed by atoms with Crippen LogP contribution in [0.25, 0.3) is 5.70 Å². The van der Waals surface area contributed by atoms with Crippen molar-refractivity contribution in [3.8, 4) is 6.07 Å². The topological polar surface area (TPSA) is 113 Å². The van der Waals surface area contributed by atoms with Crippen LogP contribution in [0.15, 0.2) is 60.0 Å². The Labute approximate surface area is 271 Å². The number of benzene rings is 2. The van der Waals surface area contributed by atoms with Crippen LogP contribution in [0.2, 0.25) is 0 Å². The summed E-state index contributed by atoms with van der Waals surface area (Å²) in [6, 6.07) is 15.2. The highest BCUT2D eigenvalue weighted by atomic mass is 16.2. The van der Waals surface area contributed by atoms with Gasteiger partial charge in [0, 0.05) is 64.8 Å². The SMILES string of the molecule is C=C(c1ccc2c(c1)CCc1cc(C(=O)N(C)C)ccc1C2(CCNCC(=C)N1C(C#N)C[C@@H]2C[C@@H]21)c1nn(C)c(=O)[nH]1)N(C)C. The van der Waals surface area contributed by atoms with Crippen molar-refractivity contribution in [1.29, 1.82) is 5.26 Å². The molecule has 1 amide bonds. The molecule has 6 rings (SSSR count). The molecule has 1 saturated heterocycles. The van der Waals surface area contributed by atoms with E-state index in [1.807, 2.05) is 31.1 Å². The number of hydrogen-bond donors (Lipinski definition) is 2. The van der Waals surface area contributed by atoms with Gasteiger partial charge in [0.05, 0.1) is 11.5 Å². The molecular formula is C36H44N8O2. The first kappa shape index (κ1) is 31.4. The van der Waals surface area contributed by atoms with Crippen LogP contribution in [-0.2, 0) is 25.3 Å². The second-order valence-corrected chi connectivity index (χ2v) is 13.4. The number of H-pyrrole nitrogens is 1. The summed E-state index contributed by atoms with van der Waals surface area (Å²) in [7, 11) is 9.15. The van der Waals surface area contributed by atoms with Crippen molar-refractivity contribution in [2.75, 3.05) is 41.3 Å². The number of fused-ring (bicyclic) bond motifs is 3. The number of carbonyl (C=O) groups is 1. The number of piperidine rings is 1. The van der Waals surface area contributed by atoms with E-state index in [-0.39, 0.29) is 17.6 Å². The Morgan fingerprint density at radius 2 is 1.72 bits per heavy atom. The molecule has 46 heavy (non-hydrogen) atoms. The average molecular weight is 621 g/mol. The van der Waals surface area contributed by atoms with Gasteiger partial charge in [0.25, 0.3) is 5.91 Å². The minimum Gasteiger partial charge on any atom is -0.378 e. The largest absolute Gasteiger partial charge is 0.378 e. The number of nitrogens with one attached hydrogen (secondary N) is 2. The van der Waals surface area contributed by atoms with E-state index < -0.39 is 5.41 Å². The first-order valence-corrected chi connectivity index (χ1v) is 16.0. The minimum absolute atomic E-state index is 0.0540. The third kappa shape index (κ3) is 5.32. The van der Waals surface area contributed by atoms with Crippen LogP contribution < -0.4 is 11.0 Å². The molecule has 2 unspecified atom stereocenters. The molecular weight excluding hydrogens is 576 g/mol. The van der Waals surface area contributed by atoms with Crippen LogP contribution in [-0.4, -0.2) is 88.7 Å². The number of carbonyl (C=O) groups excluding carboxylic acids is 1. The summed E-state index contributed by atoms with van der Waals surface area (Å²) in [4.78, 5) is 34.9. The summed E-state index contributed by atoms with van der Waals surface area (Å²) in [5, 5.41) is 18.1. The Bertz CT molecular complexity index is 1740. The molecule has 2 N–H and O–H groups in total. The molecule has 10 heteroatoms. The van der Waals surface area contributed by atoms with Gasteiger partial charge in [-0.05, 0) is 90.6 Å². The Kier molecular flexibility index (Phi) is 8.15. The number of likely N-dealkylation sites (tertiary alicyclic amines) is 1. The third-order valence-electron chi connectivity index (χ3n) is 10.1. The van der Waals surface area contributed by atoms with E-state index in [9.17, 15) is 14.9 Å². The van der Waals surface area contributed by atoms with Crippen molar-refractivity contribution in [2.24, 2.45) is 13.0 Å². The Morgan fingerprint density at radius 1 is 1.07 bits per heavy atom. The lowest BCUT2D eigenvalue weighted by Gasteiger charge is -2.35. The van der Waals surface area contributed by atoms with Crippen molar-refractivity contribution >= 4 is 11.6 Å². The predicted molar refractivity (Wildman–Crippen MR) is 179 cm³/mol. The number of aromatic amines is 1. The molecule has 3 aliphatic rings. The summed E-state index contributed by atoms with van der Waals surface area (Å²) in [6.45, 7) is 9.82. The van der Waals surface area contributed by atoms with Crippen LogP contribution in [0, 0.1) is 17.2 Å². The molecule has 0 radical (unpaired) electrons. The van der Waals surface area contributed by atoms with Crippen molar-refractivity contribution in [3.63, 3.8) is 0 Å². The third-order valence-corrected chi connectivity index (χ3v) is 10.1. The zero-order valence-corrected chi connectivity index (χ0v) is 27.6. The van der Waals surface area contributed by atoms with Gasteiger partial charge in [0.15, 0.2) is 0 Å². The highest BCUT2D eigenvalue weighted by Crippen LogP contribution is 2.49. The zero-order chi connectivity index (χ0) is 32.9. The molecule has 2 fully saturated rings. The molecule has 2 aromatic carbocycles. The van der Waals surface area contributed by atoms with Gasteiger partial charge >= 0.3 is 5.69 Å². The van der Waals surface area contributed by atoms with Gasteiger partial charge < -0.3 is 20.0 Å². The van der Waals surface area contributed by atoms with Crippen molar-refractivity contribution < 1.29 is 4.79 Å². The van der Waals surface area contributed by atoms with Crippen LogP contribution >= 0.6 is 0 Å². The number of aromatic nitrogens is 3. The van der Waals surface area contributed by atoms with Gasteiger partial charge in [0.1, 0.15) is 11.9 Å². The van der Waals surface area contributed by atoms with Crippen molar-refractivity contribution in [3.05, 3.63) is 105 Å². The number of hydrogen-bond acceptors (Lipinski definition) is 7. The molecule has 0 bridgehead atoms. The fourth-order valence-electron chi connectivity index (χ4n) is 7.54. The van der Waals surface area contributed by atoms with Crippen LogP contribution in [0.4, 0.5) is 0 Å². The van der Waals surface area contributed by atoms with Gasteiger partial charge in [-0.25, -0.2) is 9.48 Å². The second-order valence-electron chi connectivity index (χ2n) is 13.4. The number of rotatable bonds is 10. The van der Waals surface area contributed by atoms with E-state index in [1.54, 1.807) is 26.0 Å². The number of aryl methyl sites for hydroxylation is 3. The predicted octanol–water partition coefficient (Wildman–Crippen LogP) is 3.26. The normalized spacial score (nSPS) is 22.6. The molecule has 2 aliphatic carbocycles. The zero-order valence-electron chi connectivity index (χ0n) is 27.6. The smallest absolute Gasteiger partial charge is 0.343 e. The summed E-state index contributed by atoms with van der Waals surface area (Å²) >= 11 is 0. The van der Waals surface area contributed by atoms with Crippen LogP contribution in [0.5, 0.6) is 0 Å². The maximum Gasteiger partial charge on any atom is 0.343 e. The summed E-state index contributed by atoms with van der Waals surface area (Å²) < 4.78 is 1.35. The first-order chi connectivity index (χ1) is 22.0. The lowest BCUT2D eigenvalue weighted by molar-refractivity contribution is 0.0827. The Morgan fingerprint density at radius 3 is 2.30 bits per heavy atom. The lowest BCUT2D eigenvalue weighted by Crippen LogP contribution is -2.39. The van der Waals surface area contributed by atoms with Crippen molar-refractivity contribution in [2.45, 2.75) is 49.6 Å². The van der Waals surface area contributed by atoms with Gasteiger partial charge in [-0.2, -0.15) is 10.4 Å². The molecule has 1 saturated carbocycles. The van der Waals surface area contributed by atoms with E-state index in [1.165, 1.54) is 4.68 Å². The quantitative estimate of drug-likeness (QED) is 0.335. The number of amides is 1. The van der Waals surface area contributed by atoms with Gasteiger partial charge in [0.2, 0.25) is 0 Å². The Hall–Kier alpha value is -4.62. The maximum atomic E-state index is 13.1. The van der Waals surface area contributed by atoms with Crippen LogP contribution in [0.1, 0.15) is 63.3 Å². The summed E-state index contributed by atoms with van der Waals surface area (Å²) in [5.74, 6) is 1.13. The summed E-state index contributed by atoms with van der Waals surface area (Å²) in [6.07, 6.45) is 4.14. The average Bonchev–Trinajstić information content (AvgIpc) is 3.61. The lowest BCUT2D eigenvalue weighted by atomic mass is 9.69. The standard InChI is InChI=1S/C36H44N8O2/c1-22(44-29(20-37)18-28-19-32(28)44)21-38-15-14-36(34-39-35(46)43(7)40-34)30-12-10-24(23(2)41(3)4)16-25(30)8-9-26-17-27(11-13-31(26)36)33(45)42(5)6/h10-13,16-17,28-29,32,38H,1-2,8-9,14-15,18-19,21H2,3-7H3,(H,39,40,46)/t28-,29?,32+,36?/m1/s1. The molecule has 1 aromatic heterocycles. The first-order valence-electron chi connectivity index (χ1n) is 16.0. The molecule has 2 heterocycles. The maximum absolute atomic E-state index is 13.1. The molecule has 1 aliphatic heterocycles. The van der Waals surface area contributed by atoms with Gasteiger partial charge in [-0.3, -0.25) is 9.78 Å². The number of nitriles is 1. The van der Waals surface area contributed by atoms with E-state index in [0.29, 0.717) is 42.9 Å². The van der Waals surface area contributed by atoms with Crippen molar-refractivity contribution in [1.82, 2.24) is 34.8 Å². The molecule has 0 spiro atoms. The number of nitrogens with zero attached hydrogens (tertiary/aromatic N) is 6. The monoisotopic (exact) mass is 620 g/mol. The minimum atomic E-state index is -0.808. The van der Waals surface area contributed by atoms with Gasteiger partial charge in [-0.15, -0.1) is 0 Å². The van der Waals surface area contributed by atoms with E-state index in [2.05, 4.69) is 58.7 Å². The van der Waals surface area contributed by atoms with Gasteiger partial charge in [-0.1, -0.05) is 31.4 Å². The molecule has 10 nitrogen and oxygen atoms in total. The second kappa shape index (κ2) is 12.0. The fourth-order valence-corrected chi connectivity index (χ4v) is 7.54.